The fourth-order valence-corrected chi connectivity index (χ4v) is 2.92. The Labute approximate surface area is 118 Å². The number of halogens is 3. The molecule has 0 saturated carbocycles. The Morgan fingerprint density at radius 1 is 1.25 bits per heavy atom. The van der Waals surface area contributed by atoms with Gasteiger partial charge in [0.1, 0.15) is 0 Å². The van der Waals surface area contributed by atoms with Gasteiger partial charge in [-0.3, -0.25) is 9.69 Å². The normalized spacial score (nSPS) is 25.7. The van der Waals surface area contributed by atoms with Crippen molar-refractivity contribution in [1.82, 2.24) is 10.2 Å². The van der Waals surface area contributed by atoms with Crippen molar-refractivity contribution in [2.75, 3.05) is 6.54 Å². The van der Waals surface area contributed by atoms with Crippen LogP contribution in [0.1, 0.15) is 52.9 Å². The summed E-state index contributed by atoms with van der Waals surface area (Å²) in [6.45, 7) is 6.40. The van der Waals surface area contributed by atoms with E-state index in [9.17, 15) is 18.0 Å². The Hall–Kier alpha value is -0.780. The minimum Gasteiger partial charge on any atom is -0.355 e. The Morgan fingerprint density at radius 3 is 2.30 bits per heavy atom. The van der Waals surface area contributed by atoms with Crippen molar-refractivity contribution in [3.63, 3.8) is 0 Å². The van der Waals surface area contributed by atoms with E-state index < -0.39 is 12.6 Å². The van der Waals surface area contributed by atoms with Crippen molar-refractivity contribution in [3.05, 3.63) is 0 Å². The molecule has 1 saturated heterocycles. The first-order valence-electron chi connectivity index (χ1n) is 7.34. The van der Waals surface area contributed by atoms with Gasteiger partial charge in [-0.15, -0.1) is 0 Å². The van der Waals surface area contributed by atoms with Crippen LogP contribution in [-0.4, -0.2) is 41.7 Å². The van der Waals surface area contributed by atoms with E-state index in [1.54, 1.807) is 0 Å². The maximum Gasteiger partial charge on any atom is 0.389 e. The van der Waals surface area contributed by atoms with Crippen LogP contribution in [0.2, 0.25) is 0 Å². The van der Waals surface area contributed by atoms with Crippen LogP contribution in [0.3, 0.4) is 0 Å². The summed E-state index contributed by atoms with van der Waals surface area (Å²) in [7, 11) is 0. The minimum absolute atomic E-state index is 0.0642. The van der Waals surface area contributed by atoms with E-state index in [-0.39, 0.29) is 18.4 Å². The number of hydrogen-bond acceptors (Lipinski definition) is 2. The summed E-state index contributed by atoms with van der Waals surface area (Å²) in [5, 5.41) is 2.74. The SMILES string of the molecule is CC1CCC(C)N1C(C)C(=O)NCCCCC(F)(F)F. The second kappa shape index (κ2) is 7.29. The third kappa shape index (κ3) is 5.31. The highest BCUT2D eigenvalue weighted by molar-refractivity contribution is 5.81. The first kappa shape index (κ1) is 17.3. The van der Waals surface area contributed by atoms with E-state index in [1.807, 2.05) is 6.92 Å². The van der Waals surface area contributed by atoms with Crippen LogP contribution in [0.15, 0.2) is 0 Å². The molecule has 1 aliphatic rings. The number of amides is 1. The molecule has 0 bridgehead atoms. The predicted molar refractivity (Wildman–Crippen MR) is 72.4 cm³/mol. The number of nitrogens with zero attached hydrogens (tertiary/aromatic N) is 1. The number of nitrogens with one attached hydrogen (secondary N) is 1. The van der Waals surface area contributed by atoms with E-state index in [1.165, 1.54) is 0 Å². The summed E-state index contributed by atoms with van der Waals surface area (Å²) in [5.41, 5.74) is 0. The van der Waals surface area contributed by atoms with Gasteiger partial charge in [-0.2, -0.15) is 13.2 Å². The van der Waals surface area contributed by atoms with Crippen LogP contribution >= 0.6 is 0 Å². The lowest BCUT2D eigenvalue weighted by Crippen LogP contribution is -2.49. The van der Waals surface area contributed by atoms with Gasteiger partial charge in [0.25, 0.3) is 0 Å². The third-order valence-electron chi connectivity index (χ3n) is 4.03. The zero-order valence-electron chi connectivity index (χ0n) is 12.5. The zero-order chi connectivity index (χ0) is 15.3. The molecular weight excluding hydrogens is 269 g/mol. The van der Waals surface area contributed by atoms with Crippen molar-refractivity contribution in [2.45, 2.75) is 77.2 Å². The summed E-state index contributed by atoms with van der Waals surface area (Å²) in [6, 6.07) is 0.553. The van der Waals surface area contributed by atoms with Gasteiger partial charge in [-0.25, -0.2) is 0 Å². The first-order valence-corrected chi connectivity index (χ1v) is 7.34. The highest BCUT2D eigenvalue weighted by atomic mass is 19.4. The van der Waals surface area contributed by atoms with Gasteiger partial charge in [-0.1, -0.05) is 0 Å². The molecule has 0 radical (unpaired) electrons. The molecule has 1 N–H and O–H groups in total. The Bertz CT molecular complexity index is 310. The lowest BCUT2D eigenvalue weighted by Gasteiger charge is -2.31. The van der Waals surface area contributed by atoms with E-state index in [2.05, 4.69) is 24.1 Å². The Kier molecular flexibility index (Phi) is 6.30. The molecule has 0 aromatic carbocycles. The second-order valence-electron chi connectivity index (χ2n) is 5.76. The van der Waals surface area contributed by atoms with Crippen molar-refractivity contribution >= 4 is 5.91 Å². The van der Waals surface area contributed by atoms with E-state index >= 15 is 0 Å². The number of carbonyl (C=O) groups excluding carboxylic acids is 1. The summed E-state index contributed by atoms with van der Waals surface area (Å²) in [4.78, 5) is 14.2. The summed E-state index contributed by atoms with van der Waals surface area (Å²) in [6.07, 6.45) is -2.27. The zero-order valence-corrected chi connectivity index (χ0v) is 12.5. The topological polar surface area (TPSA) is 32.3 Å². The minimum atomic E-state index is -4.10. The van der Waals surface area contributed by atoms with Gasteiger partial charge in [-0.05, 0) is 46.5 Å². The molecule has 3 unspecified atom stereocenters. The number of hydrogen-bond donors (Lipinski definition) is 1. The van der Waals surface area contributed by atoms with E-state index in [0.717, 1.165) is 12.8 Å². The Balaban J connectivity index is 2.25. The Morgan fingerprint density at radius 2 is 1.80 bits per heavy atom. The predicted octanol–water partition coefficient (Wildman–Crippen LogP) is 3.10. The molecule has 0 aromatic heterocycles. The summed E-state index contributed by atoms with van der Waals surface area (Å²) >= 11 is 0. The van der Waals surface area contributed by atoms with Crippen LogP contribution in [0, 0.1) is 0 Å². The van der Waals surface area contributed by atoms with Gasteiger partial charge in [0, 0.05) is 25.0 Å². The van der Waals surface area contributed by atoms with E-state index in [4.69, 9.17) is 0 Å². The van der Waals surface area contributed by atoms with Crippen molar-refractivity contribution in [1.29, 1.82) is 0 Å². The van der Waals surface area contributed by atoms with E-state index in [0.29, 0.717) is 25.0 Å². The molecule has 1 amide bonds. The number of likely N-dealkylation sites (tertiary alicyclic amines) is 1. The van der Waals surface area contributed by atoms with Gasteiger partial charge in [0.15, 0.2) is 0 Å². The number of rotatable bonds is 6. The molecule has 20 heavy (non-hydrogen) atoms. The smallest absolute Gasteiger partial charge is 0.355 e. The molecule has 1 heterocycles. The summed E-state index contributed by atoms with van der Waals surface area (Å²) < 4.78 is 35.9. The molecule has 1 fully saturated rings. The molecule has 6 heteroatoms. The van der Waals surface area contributed by atoms with Crippen LogP contribution in [-0.2, 0) is 4.79 Å². The molecule has 1 rings (SSSR count). The first-order chi connectivity index (χ1) is 9.22. The van der Waals surface area contributed by atoms with Crippen molar-refractivity contribution < 1.29 is 18.0 Å². The lowest BCUT2D eigenvalue weighted by atomic mass is 10.2. The van der Waals surface area contributed by atoms with Crippen molar-refractivity contribution in [3.8, 4) is 0 Å². The van der Waals surface area contributed by atoms with Gasteiger partial charge < -0.3 is 5.32 Å². The monoisotopic (exact) mass is 294 g/mol. The molecule has 118 valence electrons. The number of alkyl halides is 3. The third-order valence-corrected chi connectivity index (χ3v) is 4.03. The standard InChI is InChI=1S/C14H25F3N2O/c1-10-6-7-11(2)19(10)12(3)13(20)18-9-5-4-8-14(15,16)17/h10-12H,4-9H2,1-3H3,(H,18,20). The van der Waals surface area contributed by atoms with Gasteiger partial charge in [0.05, 0.1) is 6.04 Å². The molecule has 0 aliphatic carbocycles. The number of carbonyl (C=O) groups is 1. The molecular formula is C14H25F3N2O. The average molecular weight is 294 g/mol. The van der Waals surface area contributed by atoms with Crippen molar-refractivity contribution in [2.24, 2.45) is 0 Å². The van der Waals surface area contributed by atoms with Gasteiger partial charge >= 0.3 is 6.18 Å². The van der Waals surface area contributed by atoms with Gasteiger partial charge in [0.2, 0.25) is 5.91 Å². The fourth-order valence-electron chi connectivity index (χ4n) is 2.92. The highest BCUT2D eigenvalue weighted by Crippen LogP contribution is 2.26. The molecule has 3 atom stereocenters. The largest absolute Gasteiger partial charge is 0.389 e. The molecule has 0 aromatic rings. The molecule has 0 spiro atoms. The average Bonchev–Trinajstić information content (AvgIpc) is 2.66. The lowest BCUT2D eigenvalue weighted by molar-refractivity contribution is -0.135. The number of unbranched alkanes of at least 4 members (excludes halogenated alkanes) is 1. The second-order valence-corrected chi connectivity index (χ2v) is 5.76. The fraction of sp³-hybridized carbons (Fsp3) is 0.929. The quantitative estimate of drug-likeness (QED) is 0.764. The highest BCUT2D eigenvalue weighted by Gasteiger charge is 2.34. The van der Waals surface area contributed by atoms with Crippen LogP contribution < -0.4 is 5.32 Å². The van der Waals surface area contributed by atoms with Crippen LogP contribution in [0.5, 0.6) is 0 Å². The van der Waals surface area contributed by atoms with Crippen LogP contribution in [0.25, 0.3) is 0 Å². The molecule has 1 aliphatic heterocycles. The van der Waals surface area contributed by atoms with Crippen LogP contribution in [0.4, 0.5) is 13.2 Å². The molecule has 3 nitrogen and oxygen atoms in total. The summed E-state index contributed by atoms with van der Waals surface area (Å²) in [5.74, 6) is -0.0855. The maximum atomic E-state index is 12.0. The maximum absolute atomic E-state index is 12.0.